The normalized spacial score (nSPS) is 45.2. The van der Waals surface area contributed by atoms with Crippen molar-refractivity contribution in [3.8, 4) is 0 Å². The van der Waals surface area contributed by atoms with Gasteiger partial charge >= 0.3 is 0 Å². The lowest BCUT2D eigenvalue weighted by molar-refractivity contribution is -0.182. The SMILES string of the molecule is C[C@]12CCC3C(CC[C@H]4C[C@@H](OC(O)c5ccccc5)CC[C@]34C)C1CC(=O)C2. The van der Waals surface area contributed by atoms with Crippen LogP contribution in [0.2, 0.25) is 0 Å². The lowest BCUT2D eigenvalue weighted by Crippen LogP contribution is -2.53. The molecule has 3 nitrogen and oxygen atoms in total. The summed E-state index contributed by atoms with van der Waals surface area (Å²) in [6.45, 7) is 4.93. The third-order valence-corrected chi connectivity index (χ3v) is 9.59. The van der Waals surface area contributed by atoms with Gasteiger partial charge in [-0.1, -0.05) is 44.2 Å². The quantitative estimate of drug-likeness (QED) is 0.669. The summed E-state index contributed by atoms with van der Waals surface area (Å²) in [6, 6.07) is 9.74. The van der Waals surface area contributed by atoms with E-state index in [0.29, 0.717) is 23.0 Å². The number of ketones is 1. The first-order chi connectivity index (χ1) is 13.9. The smallest absolute Gasteiger partial charge is 0.181 e. The average molecular weight is 397 g/mol. The molecule has 0 amide bonds. The number of carbonyl (C=O) groups excluding carboxylic acids is 1. The largest absolute Gasteiger partial charge is 0.364 e. The molecule has 3 heteroatoms. The molecule has 4 unspecified atom stereocenters. The molecule has 4 saturated carbocycles. The molecule has 0 spiro atoms. The van der Waals surface area contributed by atoms with Crippen LogP contribution in [-0.4, -0.2) is 17.0 Å². The Bertz CT molecular complexity index is 760. The number of fused-ring (bicyclic) bond motifs is 5. The number of aliphatic hydroxyl groups is 1. The standard InChI is InChI=1S/C26H36O3/c1-25-12-11-22-21(23(25)15-19(27)16-25)9-8-18-14-20(10-13-26(18,22)2)29-24(28)17-6-4-3-5-7-17/h3-7,18,20-24,28H,8-16H2,1-2H3/t18-,20-,21?,22?,23?,24?,25+,26-/m0/s1. The first-order valence-corrected chi connectivity index (χ1v) is 11.8. The molecule has 0 radical (unpaired) electrons. The maximum Gasteiger partial charge on any atom is 0.181 e. The molecular formula is C26H36O3. The van der Waals surface area contributed by atoms with Gasteiger partial charge in [-0.15, -0.1) is 0 Å². The number of aliphatic hydroxyl groups excluding tert-OH is 1. The van der Waals surface area contributed by atoms with Crippen molar-refractivity contribution in [2.75, 3.05) is 0 Å². The van der Waals surface area contributed by atoms with Crippen LogP contribution < -0.4 is 0 Å². The Morgan fingerprint density at radius 1 is 1.03 bits per heavy atom. The molecular weight excluding hydrogens is 360 g/mol. The fraction of sp³-hybridized carbons (Fsp3) is 0.731. The maximum atomic E-state index is 12.3. The van der Waals surface area contributed by atoms with Gasteiger partial charge in [-0.3, -0.25) is 4.79 Å². The third-order valence-electron chi connectivity index (χ3n) is 9.59. The second-order valence-electron chi connectivity index (χ2n) is 11.1. The van der Waals surface area contributed by atoms with Crippen molar-refractivity contribution in [1.82, 2.24) is 0 Å². The minimum absolute atomic E-state index is 0.154. The van der Waals surface area contributed by atoms with E-state index in [-0.39, 0.29) is 11.5 Å². The third kappa shape index (κ3) is 3.29. The van der Waals surface area contributed by atoms with E-state index in [0.717, 1.165) is 43.1 Å². The minimum Gasteiger partial charge on any atom is -0.364 e. The van der Waals surface area contributed by atoms with Crippen molar-refractivity contribution >= 4 is 5.78 Å². The van der Waals surface area contributed by atoms with E-state index in [2.05, 4.69) is 13.8 Å². The minimum atomic E-state index is -0.818. The Kier molecular flexibility index (Phi) is 4.90. The fourth-order valence-electron chi connectivity index (χ4n) is 8.00. The molecule has 0 saturated heterocycles. The van der Waals surface area contributed by atoms with Crippen molar-refractivity contribution in [3.63, 3.8) is 0 Å². The number of hydrogen-bond acceptors (Lipinski definition) is 3. The van der Waals surface area contributed by atoms with Gasteiger partial charge in [0.1, 0.15) is 5.78 Å². The predicted molar refractivity (Wildman–Crippen MR) is 113 cm³/mol. The molecule has 158 valence electrons. The highest BCUT2D eigenvalue weighted by Crippen LogP contribution is 2.65. The van der Waals surface area contributed by atoms with Crippen LogP contribution in [0.3, 0.4) is 0 Å². The second-order valence-corrected chi connectivity index (χ2v) is 11.1. The van der Waals surface area contributed by atoms with Crippen molar-refractivity contribution in [1.29, 1.82) is 0 Å². The highest BCUT2D eigenvalue weighted by atomic mass is 16.6. The zero-order valence-electron chi connectivity index (χ0n) is 18.0. The van der Waals surface area contributed by atoms with Crippen LogP contribution >= 0.6 is 0 Å². The molecule has 0 aromatic heterocycles. The Morgan fingerprint density at radius 3 is 2.62 bits per heavy atom. The number of ether oxygens (including phenoxy) is 1. The lowest BCUT2D eigenvalue weighted by atomic mass is 9.45. The van der Waals surface area contributed by atoms with Crippen molar-refractivity contribution in [2.24, 2.45) is 34.5 Å². The van der Waals surface area contributed by atoms with E-state index in [9.17, 15) is 9.90 Å². The van der Waals surface area contributed by atoms with Gasteiger partial charge in [0, 0.05) is 18.4 Å². The van der Waals surface area contributed by atoms with Gasteiger partial charge in [0.2, 0.25) is 0 Å². The van der Waals surface area contributed by atoms with Crippen LogP contribution in [0.15, 0.2) is 30.3 Å². The van der Waals surface area contributed by atoms with Crippen LogP contribution in [-0.2, 0) is 9.53 Å². The number of carbonyl (C=O) groups is 1. The first kappa shape index (κ1) is 19.8. The summed E-state index contributed by atoms with van der Waals surface area (Å²) in [5, 5.41) is 10.5. The Labute approximate surface area is 175 Å². The number of hydrogen-bond donors (Lipinski definition) is 1. The molecule has 0 aliphatic heterocycles. The summed E-state index contributed by atoms with van der Waals surface area (Å²) >= 11 is 0. The van der Waals surface area contributed by atoms with Gasteiger partial charge < -0.3 is 9.84 Å². The zero-order chi connectivity index (χ0) is 20.2. The fourth-order valence-corrected chi connectivity index (χ4v) is 8.00. The molecule has 4 aliphatic carbocycles. The van der Waals surface area contributed by atoms with Crippen LogP contribution in [0.5, 0.6) is 0 Å². The Balaban J connectivity index is 1.28. The lowest BCUT2D eigenvalue weighted by Gasteiger charge is -2.60. The molecule has 4 fully saturated rings. The van der Waals surface area contributed by atoms with Crippen LogP contribution in [0.25, 0.3) is 0 Å². The topological polar surface area (TPSA) is 46.5 Å². The van der Waals surface area contributed by atoms with Gasteiger partial charge in [0.25, 0.3) is 0 Å². The molecule has 1 N–H and O–H groups in total. The molecule has 1 aromatic carbocycles. The highest BCUT2D eigenvalue weighted by molar-refractivity contribution is 5.82. The zero-order valence-corrected chi connectivity index (χ0v) is 18.0. The van der Waals surface area contributed by atoms with E-state index in [4.69, 9.17) is 4.74 Å². The summed E-state index contributed by atoms with van der Waals surface area (Å²) in [5.41, 5.74) is 1.51. The van der Waals surface area contributed by atoms with Gasteiger partial charge in [-0.25, -0.2) is 0 Å². The van der Waals surface area contributed by atoms with Gasteiger partial charge in [-0.05, 0) is 79.4 Å². The maximum absolute atomic E-state index is 12.3. The van der Waals surface area contributed by atoms with E-state index >= 15 is 0 Å². The van der Waals surface area contributed by atoms with Crippen LogP contribution in [0.1, 0.15) is 83.5 Å². The number of benzene rings is 1. The molecule has 5 rings (SSSR count). The van der Waals surface area contributed by atoms with Crippen LogP contribution in [0.4, 0.5) is 0 Å². The molecule has 1 aromatic rings. The summed E-state index contributed by atoms with van der Waals surface area (Å²) in [6.07, 6.45) is 9.40. The van der Waals surface area contributed by atoms with E-state index in [1.807, 2.05) is 30.3 Å². The molecule has 0 heterocycles. The molecule has 29 heavy (non-hydrogen) atoms. The van der Waals surface area contributed by atoms with E-state index in [1.165, 1.54) is 32.1 Å². The summed E-state index contributed by atoms with van der Waals surface area (Å²) in [7, 11) is 0. The van der Waals surface area contributed by atoms with Crippen LogP contribution in [0, 0.1) is 34.5 Å². The van der Waals surface area contributed by atoms with E-state index < -0.39 is 6.29 Å². The molecule has 8 atom stereocenters. The van der Waals surface area contributed by atoms with Gasteiger partial charge in [0.15, 0.2) is 6.29 Å². The monoisotopic (exact) mass is 396 g/mol. The van der Waals surface area contributed by atoms with E-state index in [1.54, 1.807) is 0 Å². The summed E-state index contributed by atoms with van der Waals surface area (Å²) < 4.78 is 6.12. The number of rotatable bonds is 3. The summed E-state index contributed by atoms with van der Waals surface area (Å²) in [4.78, 5) is 12.3. The number of Topliss-reactive ketones (excluding diaryl/α,β-unsaturated/α-hetero) is 1. The van der Waals surface area contributed by atoms with Crippen molar-refractivity contribution < 1.29 is 14.6 Å². The van der Waals surface area contributed by atoms with Gasteiger partial charge in [-0.2, -0.15) is 0 Å². The second kappa shape index (κ2) is 7.20. The predicted octanol–water partition coefficient (Wildman–Crippen LogP) is 5.67. The highest BCUT2D eigenvalue weighted by Gasteiger charge is 2.59. The first-order valence-electron chi connectivity index (χ1n) is 11.8. The average Bonchev–Trinajstić information content (AvgIpc) is 3.03. The Morgan fingerprint density at radius 2 is 1.83 bits per heavy atom. The van der Waals surface area contributed by atoms with Crippen molar-refractivity contribution in [2.45, 2.75) is 84.0 Å². The molecule has 0 bridgehead atoms. The molecule has 4 aliphatic rings. The summed E-state index contributed by atoms with van der Waals surface area (Å²) in [5.74, 6) is 3.34. The Hall–Kier alpha value is -1.19. The van der Waals surface area contributed by atoms with Gasteiger partial charge in [0.05, 0.1) is 6.10 Å². The van der Waals surface area contributed by atoms with Crippen molar-refractivity contribution in [3.05, 3.63) is 35.9 Å².